The van der Waals surface area contributed by atoms with Crippen LogP contribution >= 0.6 is 0 Å². The van der Waals surface area contributed by atoms with Crippen LogP contribution in [-0.2, 0) is 0 Å². The highest BCUT2D eigenvalue weighted by Crippen LogP contribution is 2.28. The molecule has 0 fully saturated rings. The van der Waals surface area contributed by atoms with E-state index in [1.165, 1.54) is 0 Å². The van der Waals surface area contributed by atoms with Gasteiger partial charge in [0.2, 0.25) is 0 Å². The first kappa shape index (κ1) is 22.1. The molecular weight excluding hydrogens is 420 g/mol. The molecule has 6 nitrogen and oxygen atoms in total. The van der Waals surface area contributed by atoms with E-state index in [9.17, 15) is 9.59 Å². The van der Waals surface area contributed by atoms with Gasteiger partial charge in [0.05, 0.1) is 20.3 Å². The van der Waals surface area contributed by atoms with E-state index in [1.54, 1.807) is 55.6 Å². The number of ether oxygens (including phenoxy) is 3. The molecule has 0 saturated carbocycles. The number of rotatable bonds is 9. The zero-order valence-corrected chi connectivity index (χ0v) is 18.5. The van der Waals surface area contributed by atoms with Gasteiger partial charge in [-0.15, -0.1) is 0 Å². The molecule has 0 unspecified atom stereocenters. The summed E-state index contributed by atoms with van der Waals surface area (Å²) in [6.45, 7) is 2.88. The first-order chi connectivity index (χ1) is 16.0. The second kappa shape index (κ2) is 10.0. The molecule has 0 amide bonds. The number of aryl methyl sites for hydroxylation is 1. The summed E-state index contributed by atoms with van der Waals surface area (Å²) >= 11 is 0. The third-order valence-electron chi connectivity index (χ3n) is 5.12. The molecule has 0 aliphatic rings. The van der Waals surface area contributed by atoms with Gasteiger partial charge in [0.15, 0.2) is 17.3 Å². The summed E-state index contributed by atoms with van der Waals surface area (Å²) in [6.07, 6.45) is 0.656. The lowest BCUT2D eigenvalue weighted by atomic mass is 10.0. The molecule has 0 N–H and O–H groups in total. The molecule has 1 aromatic heterocycles. The standard InChI is InChI=1S/C27H24O6/c1-18-9-12-23(25(15-18)30-2)32-14-6-13-31-21-11-10-20-16-22(27(29)33-24(20)17-21)26(28)19-7-4-3-5-8-19/h3-5,7-12,15-17H,6,13-14H2,1-2H3. The van der Waals surface area contributed by atoms with Crippen molar-refractivity contribution >= 4 is 16.8 Å². The molecule has 0 saturated heterocycles. The predicted octanol–water partition coefficient (Wildman–Crippen LogP) is 5.19. The highest BCUT2D eigenvalue weighted by Gasteiger charge is 2.16. The van der Waals surface area contributed by atoms with Gasteiger partial charge in [0.1, 0.15) is 16.9 Å². The Balaban J connectivity index is 1.37. The number of fused-ring (bicyclic) bond motifs is 1. The molecule has 0 aliphatic heterocycles. The molecule has 0 radical (unpaired) electrons. The summed E-state index contributed by atoms with van der Waals surface area (Å²) in [6, 6.07) is 21.2. The maximum absolute atomic E-state index is 12.6. The van der Waals surface area contributed by atoms with Gasteiger partial charge in [0, 0.05) is 23.4 Å². The Labute approximate surface area is 191 Å². The van der Waals surface area contributed by atoms with Gasteiger partial charge in [-0.1, -0.05) is 36.4 Å². The molecule has 0 atom stereocenters. The normalized spacial score (nSPS) is 10.7. The van der Waals surface area contributed by atoms with E-state index >= 15 is 0 Å². The SMILES string of the molecule is COc1cc(C)ccc1OCCCOc1ccc2cc(C(=O)c3ccccc3)c(=O)oc2c1. The van der Waals surface area contributed by atoms with Crippen LogP contribution in [0.5, 0.6) is 17.2 Å². The van der Waals surface area contributed by atoms with Gasteiger partial charge >= 0.3 is 5.63 Å². The zero-order chi connectivity index (χ0) is 23.2. The average molecular weight is 444 g/mol. The van der Waals surface area contributed by atoms with Crippen molar-refractivity contribution in [1.29, 1.82) is 0 Å². The Hall–Kier alpha value is -4.06. The summed E-state index contributed by atoms with van der Waals surface area (Å²) in [5, 5.41) is 0.649. The molecule has 0 spiro atoms. The van der Waals surface area contributed by atoms with Crippen LogP contribution in [0.4, 0.5) is 0 Å². The summed E-state index contributed by atoms with van der Waals surface area (Å²) in [5.41, 5.74) is 1.24. The Morgan fingerprint density at radius 1 is 0.879 bits per heavy atom. The third kappa shape index (κ3) is 5.23. The first-order valence-electron chi connectivity index (χ1n) is 10.6. The first-order valence-corrected chi connectivity index (χ1v) is 10.6. The van der Waals surface area contributed by atoms with Crippen molar-refractivity contribution in [1.82, 2.24) is 0 Å². The fourth-order valence-corrected chi connectivity index (χ4v) is 3.41. The minimum atomic E-state index is -0.672. The van der Waals surface area contributed by atoms with Gasteiger partial charge < -0.3 is 18.6 Å². The van der Waals surface area contributed by atoms with E-state index in [1.807, 2.05) is 31.2 Å². The lowest BCUT2D eigenvalue weighted by Crippen LogP contribution is -2.14. The van der Waals surface area contributed by atoms with Crippen LogP contribution in [0.3, 0.4) is 0 Å². The largest absolute Gasteiger partial charge is 0.493 e. The average Bonchev–Trinajstić information content (AvgIpc) is 2.84. The van der Waals surface area contributed by atoms with Crippen molar-refractivity contribution in [2.24, 2.45) is 0 Å². The number of benzene rings is 3. The zero-order valence-electron chi connectivity index (χ0n) is 18.5. The minimum absolute atomic E-state index is 0.00560. The van der Waals surface area contributed by atoms with Crippen molar-refractivity contribution in [2.75, 3.05) is 20.3 Å². The number of carbonyl (C=O) groups is 1. The Morgan fingerprint density at radius 3 is 2.45 bits per heavy atom. The van der Waals surface area contributed by atoms with Crippen LogP contribution in [-0.4, -0.2) is 26.1 Å². The summed E-state index contributed by atoms with van der Waals surface area (Å²) in [7, 11) is 1.61. The minimum Gasteiger partial charge on any atom is -0.493 e. The molecule has 168 valence electrons. The van der Waals surface area contributed by atoms with Gasteiger partial charge in [0.25, 0.3) is 0 Å². The third-order valence-corrected chi connectivity index (χ3v) is 5.12. The number of carbonyl (C=O) groups excluding carboxylic acids is 1. The summed E-state index contributed by atoms with van der Waals surface area (Å²) in [4.78, 5) is 25.0. The number of hydrogen-bond donors (Lipinski definition) is 0. The summed E-state index contributed by atoms with van der Waals surface area (Å²) < 4.78 is 22.3. The Kier molecular flexibility index (Phi) is 6.74. The summed E-state index contributed by atoms with van der Waals surface area (Å²) in [5.74, 6) is 1.60. The van der Waals surface area contributed by atoms with E-state index in [4.69, 9.17) is 18.6 Å². The van der Waals surface area contributed by atoms with Gasteiger partial charge in [-0.3, -0.25) is 4.79 Å². The highest BCUT2D eigenvalue weighted by molar-refractivity contribution is 6.09. The van der Waals surface area contributed by atoms with Crippen LogP contribution in [0.2, 0.25) is 0 Å². The quantitative estimate of drug-likeness (QED) is 0.201. The lowest BCUT2D eigenvalue weighted by molar-refractivity contribution is 0.103. The number of methoxy groups -OCH3 is 1. The number of hydrogen-bond acceptors (Lipinski definition) is 6. The molecule has 0 aliphatic carbocycles. The van der Waals surface area contributed by atoms with Gasteiger partial charge in [-0.05, 0) is 42.8 Å². The van der Waals surface area contributed by atoms with Crippen molar-refractivity contribution in [3.05, 3.63) is 99.9 Å². The van der Waals surface area contributed by atoms with E-state index < -0.39 is 5.63 Å². The topological polar surface area (TPSA) is 75.0 Å². The lowest BCUT2D eigenvalue weighted by Gasteiger charge is -2.12. The Bertz CT molecular complexity index is 1320. The molecule has 4 rings (SSSR count). The molecule has 6 heteroatoms. The number of ketones is 1. The van der Waals surface area contributed by atoms with Crippen LogP contribution in [0.1, 0.15) is 27.9 Å². The Morgan fingerprint density at radius 2 is 1.67 bits per heavy atom. The second-order valence-corrected chi connectivity index (χ2v) is 7.55. The molecule has 4 aromatic rings. The van der Waals surface area contributed by atoms with Crippen LogP contribution in [0.25, 0.3) is 11.0 Å². The van der Waals surface area contributed by atoms with Gasteiger partial charge in [-0.2, -0.15) is 0 Å². The van der Waals surface area contributed by atoms with Crippen LogP contribution in [0, 0.1) is 6.92 Å². The van der Waals surface area contributed by atoms with Gasteiger partial charge in [-0.25, -0.2) is 4.79 Å². The van der Waals surface area contributed by atoms with Crippen molar-refractivity contribution in [3.63, 3.8) is 0 Å². The van der Waals surface area contributed by atoms with E-state index in [0.29, 0.717) is 53.4 Å². The van der Waals surface area contributed by atoms with Crippen molar-refractivity contribution in [2.45, 2.75) is 13.3 Å². The second-order valence-electron chi connectivity index (χ2n) is 7.55. The fourth-order valence-electron chi connectivity index (χ4n) is 3.41. The highest BCUT2D eigenvalue weighted by atomic mass is 16.5. The predicted molar refractivity (Wildman–Crippen MR) is 126 cm³/mol. The van der Waals surface area contributed by atoms with E-state index in [0.717, 1.165) is 5.56 Å². The van der Waals surface area contributed by atoms with Crippen molar-refractivity contribution in [3.8, 4) is 17.2 Å². The monoisotopic (exact) mass is 444 g/mol. The fraction of sp³-hybridized carbons (Fsp3) is 0.185. The molecular formula is C27H24O6. The van der Waals surface area contributed by atoms with Crippen molar-refractivity contribution < 1.29 is 23.4 Å². The molecule has 33 heavy (non-hydrogen) atoms. The van der Waals surface area contributed by atoms with Crippen LogP contribution in [0.15, 0.2) is 82.0 Å². The smallest absolute Gasteiger partial charge is 0.347 e. The van der Waals surface area contributed by atoms with E-state index in [2.05, 4.69) is 0 Å². The maximum Gasteiger partial charge on any atom is 0.347 e. The van der Waals surface area contributed by atoms with E-state index in [-0.39, 0.29) is 11.3 Å². The van der Waals surface area contributed by atoms with Crippen LogP contribution < -0.4 is 19.8 Å². The maximum atomic E-state index is 12.6. The molecule has 0 bridgehead atoms. The molecule has 3 aromatic carbocycles. The molecule has 1 heterocycles.